The summed E-state index contributed by atoms with van der Waals surface area (Å²) in [5.41, 5.74) is 1.29. The van der Waals surface area contributed by atoms with Crippen LogP contribution in [0, 0.1) is 5.92 Å². The first kappa shape index (κ1) is 17.4. The molecule has 1 aromatic heterocycles. The highest BCUT2D eigenvalue weighted by Gasteiger charge is 2.28. The van der Waals surface area contributed by atoms with Crippen LogP contribution >= 0.6 is 11.3 Å². The fraction of sp³-hybridized carbons (Fsp3) is 0.733. The van der Waals surface area contributed by atoms with Crippen LogP contribution in [0.15, 0.2) is 11.7 Å². The first-order chi connectivity index (χ1) is 10.3. The van der Waals surface area contributed by atoms with Crippen LogP contribution in [-0.2, 0) is 21.3 Å². The highest BCUT2D eigenvalue weighted by atomic mass is 32.2. The molecule has 1 fully saturated rings. The van der Waals surface area contributed by atoms with Crippen LogP contribution in [0.25, 0.3) is 0 Å². The molecule has 1 amide bonds. The van der Waals surface area contributed by atoms with E-state index in [1.54, 1.807) is 16.6 Å². The third-order valence-corrected chi connectivity index (χ3v) is 5.82. The molecule has 124 valence electrons. The van der Waals surface area contributed by atoms with Crippen molar-refractivity contribution in [3.63, 3.8) is 0 Å². The number of rotatable bonds is 4. The third-order valence-electron chi connectivity index (χ3n) is 3.38. The lowest BCUT2D eigenvalue weighted by atomic mass is 10.0. The van der Waals surface area contributed by atoms with Crippen LogP contribution in [0.4, 0.5) is 4.79 Å². The van der Waals surface area contributed by atoms with E-state index in [9.17, 15) is 9.00 Å². The number of aromatic nitrogens is 1. The highest BCUT2D eigenvalue weighted by Crippen LogP contribution is 2.21. The molecule has 1 saturated heterocycles. The normalized spacial score (nSPS) is 20.7. The van der Waals surface area contributed by atoms with Gasteiger partial charge in [-0.2, -0.15) is 0 Å². The van der Waals surface area contributed by atoms with Gasteiger partial charge in [-0.25, -0.2) is 4.79 Å². The first-order valence-electron chi connectivity index (χ1n) is 7.54. The third kappa shape index (κ3) is 5.68. The minimum Gasteiger partial charge on any atom is -0.444 e. The maximum absolute atomic E-state index is 12.2. The summed E-state index contributed by atoms with van der Waals surface area (Å²) in [6, 6.07) is 0. The molecule has 0 aromatic carbocycles. The lowest BCUT2D eigenvalue weighted by Crippen LogP contribution is -2.44. The van der Waals surface area contributed by atoms with Crippen molar-refractivity contribution < 1.29 is 13.7 Å². The average molecular weight is 345 g/mol. The summed E-state index contributed by atoms with van der Waals surface area (Å²) in [5, 5.41) is 0. The zero-order valence-electron chi connectivity index (χ0n) is 13.4. The van der Waals surface area contributed by atoms with Crippen LogP contribution in [-0.4, -0.2) is 44.6 Å². The van der Waals surface area contributed by atoms with Crippen LogP contribution in [0.5, 0.6) is 0 Å². The van der Waals surface area contributed by atoms with E-state index in [4.69, 9.17) is 4.74 Å². The SMILES string of the molecule is CC(C)(C)OC(=O)N1CCC[C@@H](C[S@@](=O)Cc2cncs2)C1. The molecule has 1 aliphatic rings. The molecule has 7 heteroatoms. The van der Waals surface area contributed by atoms with Crippen molar-refractivity contribution in [2.75, 3.05) is 18.8 Å². The largest absolute Gasteiger partial charge is 0.444 e. The van der Waals surface area contributed by atoms with Crippen LogP contribution in [0.1, 0.15) is 38.5 Å². The Labute approximate surface area is 138 Å². The van der Waals surface area contributed by atoms with Crippen molar-refractivity contribution in [1.29, 1.82) is 0 Å². The molecule has 0 N–H and O–H groups in total. The number of nitrogens with zero attached hydrogens (tertiary/aromatic N) is 2. The predicted octanol–water partition coefficient (Wildman–Crippen LogP) is 3.04. The lowest BCUT2D eigenvalue weighted by Gasteiger charge is -2.34. The summed E-state index contributed by atoms with van der Waals surface area (Å²) in [6.45, 7) is 6.99. The fourth-order valence-corrected chi connectivity index (χ4v) is 4.84. The van der Waals surface area contributed by atoms with E-state index in [1.165, 1.54) is 11.3 Å². The van der Waals surface area contributed by atoms with Gasteiger partial charge in [0.05, 0.1) is 11.3 Å². The number of carbonyl (C=O) groups excluding carboxylic acids is 1. The van der Waals surface area contributed by atoms with Gasteiger partial charge >= 0.3 is 6.09 Å². The molecule has 0 unspecified atom stereocenters. The number of likely N-dealkylation sites (tertiary alicyclic amines) is 1. The van der Waals surface area contributed by atoms with Gasteiger partial charge in [-0.1, -0.05) is 0 Å². The number of amides is 1. The number of thiazole rings is 1. The predicted molar refractivity (Wildman–Crippen MR) is 89.4 cm³/mol. The van der Waals surface area contributed by atoms with Crippen molar-refractivity contribution in [2.24, 2.45) is 5.92 Å². The lowest BCUT2D eigenvalue weighted by molar-refractivity contribution is 0.0176. The maximum Gasteiger partial charge on any atom is 0.410 e. The van der Waals surface area contributed by atoms with Gasteiger partial charge in [0.25, 0.3) is 0 Å². The summed E-state index contributed by atoms with van der Waals surface area (Å²) in [4.78, 5) is 18.9. The Kier molecular flexibility index (Phi) is 5.97. The standard InChI is InChI=1S/C15H24N2O3S2/c1-15(2,3)20-14(18)17-6-4-5-12(8-17)9-22(19)10-13-7-16-11-21-13/h7,11-12H,4-6,8-10H2,1-3H3/t12-,22-/m1/s1. The average Bonchev–Trinajstić information content (AvgIpc) is 2.89. The molecule has 1 aliphatic heterocycles. The minimum absolute atomic E-state index is 0.259. The van der Waals surface area contributed by atoms with Crippen LogP contribution in [0.2, 0.25) is 0 Å². The number of ether oxygens (including phenoxy) is 1. The molecule has 0 radical (unpaired) electrons. The van der Waals surface area contributed by atoms with Gasteiger partial charge in [0.1, 0.15) is 5.60 Å². The van der Waals surface area contributed by atoms with Crippen LogP contribution < -0.4 is 0 Å². The molecule has 0 spiro atoms. The number of hydrogen-bond donors (Lipinski definition) is 0. The van der Waals surface area contributed by atoms with Gasteiger partial charge < -0.3 is 9.64 Å². The van der Waals surface area contributed by atoms with Gasteiger partial charge in [-0.3, -0.25) is 9.19 Å². The zero-order valence-corrected chi connectivity index (χ0v) is 15.0. The molecule has 1 aromatic rings. The molecule has 2 heterocycles. The summed E-state index contributed by atoms with van der Waals surface area (Å²) in [7, 11) is -0.903. The zero-order chi connectivity index (χ0) is 16.2. The van der Waals surface area contributed by atoms with E-state index in [1.807, 2.05) is 20.8 Å². The Morgan fingerprint density at radius 2 is 2.32 bits per heavy atom. The molecule has 0 bridgehead atoms. The molecular formula is C15H24N2O3S2. The van der Waals surface area contributed by atoms with Gasteiger partial charge in [0, 0.05) is 40.7 Å². The summed E-state index contributed by atoms with van der Waals surface area (Å²) < 4.78 is 17.7. The van der Waals surface area contributed by atoms with E-state index >= 15 is 0 Å². The first-order valence-corrected chi connectivity index (χ1v) is 9.90. The Balaban J connectivity index is 1.82. The fourth-order valence-electron chi connectivity index (χ4n) is 2.49. The Bertz CT molecular complexity index is 511. The highest BCUT2D eigenvalue weighted by molar-refractivity contribution is 7.84. The van der Waals surface area contributed by atoms with Crippen molar-refractivity contribution >= 4 is 28.2 Å². The second-order valence-corrected chi connectivity index (χ2v) is 9.13. The molecule has 2 atom stereocenters. The molecule has 0 aliphatic carbocycles. The van der Waals surface area contributed by atoms with E-state index < -0.39 is 16.4 Å². The molecule has 0 saturated carbocycles. The Morgan fingerprint density at radius 3 is 2.95 bits per heavy atom. The van der Waals surface area contributed by atoms with Crippen LogP contribution in [0.3, 0.4) is 0 Å². The molecule has 22 heavy (non-hydrogen) atoms. The number of carbonyl (C=O) groups is 1. The number of piperidine rings is 1. The topological polar surface area (TPSA) is 59.5 Å². The van der Waals surface area contributed by atoms with Gasteiger partial charge in [-0.05, 0) is 39.5 Å². The summed E-state index contributed by atoms with van der Waals surface area (Å²) >= 11 is 1.54. The van der Waals surface area contributed by atoms with E-state index in [0.29, 0.717) is 18.1 Å². The Hall–Kier alpha value is -0.950. The van der Waals surface area contributed by atoms with Gasteiger partial charge in [0.15, 0.2) is 0 Å². The van der Waals surface area contributed by atoms with Crippen molar-refractivity contribution in [1.82, 2.24) is 9.88 Å². The van der Waals surface area contributed by atoms with Gasteiger partial charge in [-0.15, -0.1) is 11.3 Å². The maximum atomic E-state index is 12.2. The van der Waals surface area contributed by atoms with Crippen molar-refractivity contribution in [3.8, 4) is 0 Å². The molecular weight excluding hydrogens is 320 g/mol. The summed E-state index contributed by atoms with van der Waals surface area (Å²) in [5.74, 6) is 1.49. The Morgan fingerprint density at radius 1 is 1.55 bits per heavy atom. The quantitative estimate of drug-likeness (QED) is 0.842. The van der Waals surface area contributed by atoms with Gasteiger partial charge in [0.2, 0.25) is 0 Å². The molecule has 2 rings (SSSR count). The molecule has 5 nitrogen and oxygen atoms in total. The smallest absolute Gasteiger partial charge is 0.410 e. The van der Waals surface area contributed by atoms with E-state index in [-0.39, 0.29) is 12.0 Å². The number of hydrogen-bond acceptors (Lipinski definition) is 5. The monoisotopic (exact) mass is 344 g/mol. The van der Waals surface area contributed by atoms with E-state index in [0.717, 1.165) is 24.3 Å². The second-order valence-electron chi connectivity index (χ2n) is 6.65. The minimum atomic E-state index is -0.903. The van der Waals surface area contributed by atoms with Crippen molar-refractivity contribution in [2.45, 2.75) is 45.0 Å². The van der Waals surface area contributed by atoms with Crippen molar-refractivity contribution in [3.05, 3.63) is 16.6 Å². The van der Waals surface area contributed by atoms with E-state index in [2.05, 4.69) is 4.98 Å². The summed E-state index contributed by atoms with van der Waals surface area (Å²) in [6.07, 6.45) is 3.48. The second kappa shape index (κ2) is 7.55.